The Labute approximate surface area is 98.7 Å². The van der Waals surface area contributed by atoms with Gasteiger partial charge in [-0.1, -0.05) is 12.1 Å². The van der Waals surface area contributed by atoms with Gasteiger partial charge in [0.25, 0.3) is 10.0 Å². The Hall–Kier alpha value is -2.02. The molecule has 0 aliphatic rings. The third-order valence-corrected chi connectivity index (χ3v) is 3.53. The Balaban J connectivity index is 2.38. The van der Waals surface area contributed by atoms with E-state index in [1.54, 1.807) is 18.2 Å². The molecule has 0 saturated carbocycles. The summed E-state index contributed by atoms with van der Waals surface area (Å²) in [6, 6.07) is 6.40. The van der Waals surface area contributed by atoms with Gasteiger partial charge in [-0.05, 0) is 12.1 Å². The molecule has 2 aromatic rings. The Morgan fingerprint density at radius 2 is 2.12 bits per heavy atom. The zero-order chi connectivity index (χ0) is 12.3. The lowest BCUT2D eigenvalue weighted by Gasteiger charge is -2.09. The molecule has 0 spiro atoms. The minimum atomic E-state index is -3.66. The molecule has 0 amide bonds. The average Bonchev–Trinajstić information content (AvgIpc) is 2.81. The molecule has 2 N–H and O–H groups in total. The van der Waals surface area contributed by atoms with Crippen LogP contribution in [0.3, 0.4) is 0 Å². The van der Waals surface area contributed by atoms with Crippen LogP contribution in [0.2, 0.25) is 0 Å². The van der Waals surface area contributed by atoms with Gasteiger partial charge in [0.05, 0.1) is 19.0 Å². The molecule has 2 rings (SSSR count). The molecule has 0 radical (unpaired) electrons. The van der Waals surface area contributed by atoms with Gasteiger partial charge in [0, 0.05) is 6.20 Å². The van der Waals surface area contributed by atoms with Crippen molar-refractivity contribution >= 4 is 15.7 Å². The Morgan fingerprint density at radius 1 is 1.35 bits per heavy atom. The molecule has 0 aliphatic carbocycles. The maximum absolute atomic E-state index is 12.0. The van der Waals surface area contributed by atoms with Crippen LogP contribution >= 0.6 is 0 Å². The minimum Gasteiger partial charge on any atom is -0.495 e. The second-order valence-corrected chi connectivity index (χ2v) is 4.89. The van der Waals surface area contributed by atoms with Gasteiger partial charge in [-0.25, -0.2) is 8.42 Å². The summed E-state index contributed by atoms with van der Waals surface area (Å²) in [5.41, 5.74) is 0.371. The molecular formula is C10H11N3O3S. The number of benzene rings is 1. The summed E-state index contributed by atoms with van der Waals surface area (Å²) >= 11 is 0. The first kappa shape index (κ1) is 11.5. The van der Waals surface area contributed by atoms with Crippen molar-refractivity contribution in [2.75, 3.05) is 11.8 Å². The van der Waals surface area contributed by atoms with E-state index in [1.807, 2.05) is 0 Å². The molecule has 0 bridgehead atoms. The summed E-state index contributed by atoms with van der Waals surface area (Å²) in [7, 11) is -2.24. The van der Waals surface area contributed by atoms with Crippen LogP contribution in [0.4, 0.5) is 5.69 Å². The second kappa shape index (κ2) is 4.46. The summed E-state index contributed by atoms with van der Waals surface area (Å²) in [5, 5.41) is 6.18. The normalized spacial score (nSPS) is 11.1. The van der Waals surface area contributed by atoms with Gasteiger partial charge in [-0.2, -0.15) is 5.10 Å². The first-order chi connectivity index (χ1) is 8.13. The molecule has 0 fully saturated rings. The van der Waals surface area contributed by atoms with Gasteiger partial charge in [0.15, 0.2) is 0 Å². The predicted molar refractivity (Wildman–Crippen MR) is 62.4 cm³/mol. The topological polar surface area (TPSA) is 84.1 Å². The first-order valence-electron chi connectivity index (χ1n) is 4.78. The molecule has 1 heterocycles. The number of nitrogens with one attached hydrogen (secondary N) is 2. The van der Waals surface area contributed by atoms with Gasteiger partial charge in [0.2, 0.25) is 0 Å². The smallest absolute Gasteiger partial charge is 0.265 e. The number of para-hydroxylation sites is 1. The average molecular weight is 253 g/mol. The summed E-state index contributed by atoms with van der Waals surface area (Å²) in [4.78, 5) is 0.0868. The number of aromatic amines is 1. The van der Waals surface area contributed by atoms with Crippen LogP contribution in [-0.2, 0) is 10.0 Å². The Kier molecular flexibility index (Phi) is 3.01. The number of sulfonamides is 1. The summed E-state index contributed by atoms with van der Waals surface area (Å²) in [5.74, 6) is 0.295. The molecular weight excluding hydrogens is 242 g/mol. The van der Waals surface area contributed by atoms with Crippen molar-refractivity contribution < 1.29 is 13.2 Å². The lowest BCUT2D eigenvalue weighted by molar-refractivity contribution is 0.403. The molecule has 17 heavy (non-hydrogen) atoms. The van der Waals surface area contributed by atoms with Crippen molar-refractivity contribution in [1.82, 2.24) is 10.2 Å². The van der Waals surface area contributed by atoms with Crippen LogP contribution < -0.4 is 9.46 Å². The number of hydrogen-bond acceptors (Lipinski definition) is 4. The van der Waals surface area contributed by atoms with Crippen LogP contribution in [0.5, 0.6) is 5.75 Å². The quantitative estimate of drug-likeness (QED) is 0.858. The van der Waals surface area contributed by atoms with E-state index in [-0.39, 0.29) is 4.90 Å². The second-order valence-electron chi connectivity index (χ2n) is 3.24. The predicted octanol–water partition coefficient (Wildman–Crippen LogP) is 1.22. The molecule has 0 aliphatic heterocycles. The maximum atomic E-state index is 12.0. The monoisotopic (exact) mass is 253 g/mol. The van der Waals surface area contributed by atoms with E-state index in [9.17, 15) is 8.42 Å². The fourth-order valence-corrected chi connectivity index (χ4v) is 2.56. The van der Waals surface area contributed by atoms with E-state index in [4.69, 9.17) is 4.74 Å². The largest absolute Gasteiger partial charge is 0.495 e. The van der Waals surface area contributed by atoms with Gasteiger partial charge in [-0.15, -0.1) is 0 Å². The highest BCUT2D eigenvalue weighted by Gasteiger charge is 2.19. The van der Waals surface area contributed by atoms with E-state index in [0.717, 1.165) is 0 Å². The van der Waals surface area contributed by atoms with E-state index in [0.29, 0.717) is 11.4 Å². The summed E-state index contributed by atoms with van der Waals surface area (Å²) in [6.07, 6.45) is 2.83. The van der Waals surface area contributed by atoms with Crippen LogP contribution in [0.15, 0.2) is 41.6 Å². The number of ether oxygens (including phenoxy) is 1. The van der Waals surface area contributed by atoms with Crippen molar-refractivity contribution in [1.29, 1.82) is 0 Å². The Bertz CT molecular complexity index is 593. The van der Waals surface area contributed by atoms with E-state index in [1.165, 1.54) is 25.6 Å². The summed E-state index contributed by atoms with van der Waals surface area (Å²) < 4.78 is 31.5. The van der Waals surface area contributed by atoms with Gasteiger partial charge in [0.1, 0.15) is 10.6 Å². The maximum Gasteiger partial charge on any atom is 0.265 e. The number of methoxy groups -OCH3 is 1. The van der Waals surface area contributed by atoms with Crippen molar-refractivity contribution in [3.8, 4) is 5.75 Å². The lowest BCUT2D eigenvalue weighted by atomic mass is 10.3. The van der Waals surface area contributed by atoms with E-state index < -0.39 is 10.0 Å². The SMILES string of the molecule is COc1ccccc1S(=O)(=O)Nc1cn[nH]c1. The van der Waals surface area contributed by atoms with E-state index in [2.05, 4.69) is 14.9 Å². The van der Waals surface area contributed by atoms with E-state index >= 15 is 0 Å². The number of hydrogen-bond donors (Lipinski definition) is 2. The number of rotatable bonds is 4. The number of anilines is 1. The Morgan fingerprint density at radius 3 is 2.76 bits per heavy atom. The highest BCUT2D eigenvalue weighted by Crippen LogP contribution is 2.24. The molecule has 1 aromatic carbocycles. The first-order valence-corrected chi connectivity index (χ1v) is 6.26. The van der Waals surface area contributed by atoms with Crippen molar-refractivity contribution in [3.05, 3.63) is 36.7 Å². The van der Waals surface area contributed by atoms with Gasteiger partial charge in [-0.3, -0.25) is 9.82 Å². The molecule has 90 valence electrons. The zero-order valence-corrected chi connectivity index (χ0v) is 9.86. The van der Waals surface area contributed by atoms with Crippen molar-refractivity contribution in [2.24, 2.45) is 0 Å². The number of nitrogens with zero attached hydrogens (tertiary/aromatic N) is 1. The fourth-order valence-electron chi connectivity index (χ4n) is 1.36. The third-order valence-electron chi connectivity index (χ3n) is 2.11. The minimum absolute atomic E-state index is 0.0868. The molecule has 0 saturated heterocycles. The van der Waals surface area contributed by atoms with Crippen LogP contribution in [0, 0.1) is 0 Å². The molecule has 0 unspecified atom stereocenters. The van der Waals surface area contributed by atoms with Crippen LogP contribution in [0.25, 0.3) is 0 Å². The highest BCUT2D eigenvalue weighted by molar-refractivity contribution is 7.92. The number of aromatic nitrogens is 2. The third kappa shape index (κ3) is 2.39. The molecule has 6 nitrogen and oxygen atoms in total. The molecule has 1 aromatic heterocycles. The van der Waals surface area contributed by atoms with Gasteiger partial charge < -0.3 is 4.74 Å². The molecule has 0 atom stereocenters. The fraction of sp³-hybridized carbons (Fsp3) is 0.100. The lowest BCUT2D eigenvalue weighted by Crippen LogP contribution is -2.13. The number of H-pyrrole nitrogens is 1. The highest BCUT2D eigenvalue weighted by atomic mass is 32.2. The van der Waals surface area contributed by atoms with Gasteiger partial charge >= 0.3 is 0 Å². The standard InChI is InChI=1S/C10H11N3O3S/c1-16-9-4-2-3-5-10(9)17(14,15)13-8-6-11-12-7-8/h2-7,13H,1H3,(H,11,12). The molecule has 7 heteroatoms. The summed E-state index contributed by atoms with van der Waals surface area (Å²) in [6.45, 7) is 0. The van der Waals surface area contributed by atoms with Crippen molar-refractivity contribution in [3.63, 3.8) is 0 Å². The van der Waals surface area contributed by atoms with Crippen LogP contribution in [-0.4, -0.2) is 25.7 Å². The zero-order valence-electron chi connectivity index (χ0n) is 9.04. The van der Waals surface area contributed by atoms with Crippen molar-refractivity contribution in [2.45, 2.75) is 4.90 Å². The van der Waals surface area contributed by atoms with Crippen LogP contribution in [0.1, 0.15) is 0 Å².